The number of carbonyl (C=O) groups is 1. The third kappa shape index (κ3) is 4.08. The lowest BCUT2D eigenvalue weighted by Crippen LogP contribution is -2.42. The van der Waals surface area contributed by atoms with Gasteiger partial charge in [-0.05, 0) is 44.7 Å². The van der Waals surface area contributed by atoms with E-state index in [4.69, 9.17) is 8.92 Å². The Morgan fingerprint density at radius 1 is 1.18 bits per heavy atom. The fraction of sp³-hybridized carbons (Fsp3) is 0.562. The average molecular weight is 326 g/mol. The van der Waals surface area contributed by atoms with Crippen molar-refractivity contribution in [2.45, 2.75) is 39.2 Å². The third-order valence-corrected chi connectivity index (χ3v) is 4.10. The van der Waals surface area contributed by atoms with Crippen molar-refractivity contribution in [1.29, 1.82) is 0 Å². The standard InChI is InChI=1S/C16H22O5S/c1-15(2,3)21-14(17)16(11-20-22(4,18)19)9-12-7-5-6-8-13(12)10-16/h5-8H,9-11H2,1-4H3. The van der Waals surface area contributed by atoms with Gasteiger partial charge in [0.1, 0.15) is 11.0 Å². The molecule has 0 atom stereocenters. The van der Waals surface area contributed by atoms with E-state index in [2.05, 4.69) is 0 Å². The topological polar surface area (TPSA) is 69.7 Å². The molecule has 1 aliphatic rings. The summed E-state index contributed by atoms with van der Waals surface area (Å²) < 4.78 is 33.1. The van der Waals surface area contributed by atoms with Crippen molar-refractivity contribution in [1.82, 2.24) is 0 Å². The Hall–Kier alpha value is -1.40. The summed E-state index contributed by atoms with van der Waals surface area (Å²) in [6.07, 6.45) is 1.83. The molecule has 0 saturated heterocycles. The van der Waals surface area contributed by atoms with Gasteiger partial charge in [0.05, 0.1) is 12.9 Å². The first kappa shape index (κ1) is 17.0. The van der Waals surface area contributed by atoms with Crippen LogP contribution in [0.25, 0.3) is 0 Å². The number of carbonyl (C=O) groups excluding carboxylic acids is 1. The van der Waals surface area contributed by atoms with Gasteiger partial charge in [-0.2, -0.15) is 8.42 Å². The second-order valence-electron chi connectivity index (χ2n) is 6.87. The Morgan fingerprint density at radius 3 is 2.09 bits per heavy atom. The maximum absolute atomic E-state index is 12.7. The van der Waals surface area contributed by atoms with E-state index in [-0.39, 0.29) is 6.61 Å². The van der Waals surface area contributed by atoms with Crippen LogP contribution >= 0.6 is 0 Å². The molecule has 0 heterocycles. The summed E-state index contributed by atoms with van der Waals surface area (Å²) in [5.74, 6) is -0.417. The molecule has 122 valence electrons. The molecule has 0 saturated carbocycles. The number of hydrogen-bond donors (Lipinski definition) is 0. The van der Waals surface area contributed by atoms with Crippen molar-refractivity contribution in [2.24, 2.45) is 5.41 Å². The first-order valence-corrected chi connectivity index (χ1v) is 8.97. The molecule has 0 fully saturated rings. The van der Waals surface area contributed by atoms with Crippen LogP contribution in [0.2, 0.25) is 0 Å². The van der Waals surface area contributed by atoms with Gasteiger partial charge < -0.3 is 4.74 Å². The van der Waals surface area contributed by atoms with Gasteiger partial charge >= 0.3 is 5.97 Å². The zero-order valence-corrected chi connectivity index (χ0v) is 14.2. The summed E-state index contributed by atoms with van der Waals surface area (Å²) in [5.41, 5.74) is 0.445. The van der Waals surface area contributed by atoms with E-state index in [1.807, 2.05) is 24.3 Å². The largest absolute Gasteiger partial charge is 0.459 e. The van der Waals surface area contributed by atoms with E-state index in [0.717, 1.165) is 17.4 Å². The van der Waals surface area contributed by atoms with Crippen molar-refractivity contribution in [3.63, 3.8) is 0 Å². The number of hydrogen-bond acceptors (Lipinski definition) is 5. The van der Waals surface area contributed by atoms with Crippen LogP contribution in [0.15, 0.2) is 24.3 Å². The van der Waals surface area contributed by atoms with Crippen LogP contribution in [0.5, 0.6) is 0 Å². The fourth-order valence-corrected chi connectivity index (χ4v) is 3.05. The van der Waals surface area contributed by atoms with Gasteiger partial charge in [-0.1, -0.05) is 24.3 Å². The maximum Gasteiger partial charge on any atom is 0.315 e. The predicted molar refractivity (Wildman–Crippen MR) is 82.9 cm³/mol. The number of rotatable bonds is 4. The van der Waals surface area contributed by atoms with Gasteiger partial charge in [0.15, 0.2) is 0 Å². The van der Waals surface area contributed by atoms with Crippen molar-refractivity contribution in [2.75, 3.05) is 12.9 Å². The van der Waals surface area contributed by atoms with Crippen molar-refractivity contribution in [3.8, 4) is 0 Å². The smallest absolute Gasteiger partial charge is 0.315 e. The number of ether oxygens (including phenoxy) is 1. The first-order chi connectivity index (χ1) is 10.0. The number of esters is 1. The summed E-state index contributed by atoms with van der Waals surface area (Å²) in [5, 5.41) is 0. The lowest BCUT2D eigenvalue weighted by molar-refractivity contribution is -0.169. The van der Waals surface area contributed by atoms with Crippen LogP contribution in [0.4, 0.5) is 0 Å². The first-order valence-electron chi connectivity index (χ1n) is 7.15. The zero-order valence-electron chi connectivity index (χ0n) is 13.4. The van der Waals surface area contributed by atoms with Gasteiger partial charge in [-0.3, -0.25) is 8.98 Å². The summed E-state index contributed by atoms with van der Waals surface area (Å²) in [6, 6.07) is 7.70. The monoisotopic (exact) mass is 326 g/mol. The van der Waals surface area contributed by atoms with Crippen LogP contribution in [0, 0.1) is 5.41 Å². The van der Waals surface area contributed by atoms with Gasteiger partial charge in [0.2, 0.25) is 0 Å². The molecule has 22 heavy (non-hydrogen) atoms. The van der Waals surface area contributed by atoms with Crippen LogP contribution in [0.1, 0.15) is 31.9 Å². The highest BCUT2D eigenvalue weighted by Crippen LogP contribution is 2.39. The van der Waals surface area contributed by atoms with Crippen LogP contribution in [-0.4, -0.2) is 32.9 Å². The summed E-state index contributed by atoms with van der Waals surface area (Å²) >= 11 is 0. The average Bonchev–Trinajstić information content (AvgIpc) is 2.73. The highest BCUT2D eigenvalue weighted by atomic mass is 32.2. The third-order valence-electron chi connectivity index (χ3n) is 3.56. The molecule has 0 bridgehead atoms. The Morgan fingerprint density at radius 2 is 1.68 bits per heavy atom. The molecule has 2 rings (SSSR count). The Balaban J connectivity index is 2.29. The lowest BCUT2D eigenvalue weighted by atomic mass is 9.85. The molecule has 0 spiro atoms. The highest BCUT2D eigenvalue weighted by molar-refractivity contribution is 7.85. The SMILES string of the molecule is CC(C)(C)OC(=O)C1(COS(C)(=O)=O)Cc2ccccc2C1. The minimum Gasteiger partial charge on any atom is -0.459 e. The molecule has 5 nitrogen and oxygen atoms in total. The Kier molecular flexibility index (Phi) is 4.37. The summed E-state index contributed by atoms with van der Waals surface area (Å²) in [4.78, 5) is 12.7. The van der Waals surface area contributed by atoms with Gasteiger partial charge in [-0.15, -0.1) is 0 Å². The highest BCUT2D eigenvalue weighted by Gasteiger charge is 2.47. The molecule has 1 aromatic carbocycles. The zero-order chi connectivity index (χ0) is 16.6. The van der Waals surface area contributed by atoms with E-state index in [9.17, 15) is 13.2 Å². The molecule has 0 amide bonds. The van der Waals surface area contributed by atoms with E-state index >= 15 is 0 Å². The van der Waals surface area contributed by atoms with Crippen molar-refractivity contribution >= 4 is 16.1 Å². The minimum absolute atomic E-state index is 0.199. The molecular weight excluding hydrogens is 304 g/mol. The van der Waals surface area contributed by atoms with E-state index in [1.165, 1.54) is 0 Å². The van der Waals surface area contributed by atoms with E-state index in [0.29, 0.717) is 12.8 Å². The van der Waals surface area contributed by atoms with Crippen LogP contribution in [-0.2, 0) is 36.7 Å². The summed E-state index contributed by atoms with van der Waals surface area (Å²) in [7, 11) is -3.62. The van der Waals surface area contributed by atoms with Crippen LogP contribution < -0.4 is 0 Å². The van der Waals surface area contributed by atoms with Crippen molar-refractivity contribution < 1.29 is 22.1 Å². The predicted octanol–water partition coefficient (Wildman–Crippen LogP) is 2.09. The van der Waals surface area contributed by atoms with Crippen LogP contribution in [0.3, 0.4) is 0 Å². The summed E-state index contributed by atoms with van der Waals surface area (Å²) in [6.45, 7) is 5.17. The van der Waals surface area contributed by atoms with Crippen molar-refractivity contribution in [3.05, 3.63) is 35.4 Å². The normalized spacial score (nSPS) is 17.1. The van der Waals surface area contributed by atoms with E-state index < -0.39 is 27.1 Å². The van der Waals surface area contributed by atoms with E-state index in [1.54, 1.807) is 20.8 Å². The molecule has 1 aliphatic carbocycles. The fourth-order valence-electron chi connectivity index (χ4n) is 2.61. The molecular formula is C16H22O5S. The van der Waals surface area contributed by atoms with Gasteiger partial charge in [-0.25, -0.2) is 0 Å². The van der Waals surface area contributed by atoms with Gasteiger partial charge in [0, 0.05) is 0 Å². The molecule has 0 unspecified atom stereocenters. The molecule has 0 radical (unpaired) electrons. The molecule has 6 heteroatoms. The quantitative estimate of drug-likeness (QED) is 0.626. The maximum atomic E-state index is 12.7. The number of fused-ring (bicyclic) bond motifs is 1. The molecule has 0 N–H and O–H groups in total. The lowest BCUT2D eigenvalue weighted by Gasteiger charge is -2.30. The second kappa shape index (κ2) is 5.66. The number of benzene rings is 1. The molecule has 0 aromatic heterocycles. The van der Waals surface area contributed by atoms with Gasteiger partial charge in [0.25, 0.3) is 10.1 Å². The molecule has 0 aliphatic heterocycles. The minimum atomic E-state index is -3.62. The Bertz CT molecular complexity index is 645. The Labute approximate surface area is 131 Å². The molecule has 1 aromatic rings. The second-order valence-corrected chi connectivity index (χ2v) is 8.51.